The number of carbonyl (C=O) groups is 3. The number of nitrogens with zero attached hydrogens (tertiary/aromatic N) is 1. The fraction of sp³-hybridized carbons (Fsp3) is 0.667. The van der Waals surface area contributed by atoms with Crippen LogP contribution >= 0.6 is 0 Å². The molecular formula is C9H16N2O4. The van der Waals surface area contributed by atoms with Crippen molar-refractivity contribution in [1.82, 2.24) is 10.2 Å². The Kier molecular flexibility index (Phi) is 5.36. The molecule has 0 bridgehead atoms. The summed E-state index contributed by atoms with van der Waals surface area (Å²) in [5, 5.41) is 10.9. The second-order valence-corrected chi connectivity index (χ2v) is 3.39. The Hall–Kier alpha value is -1.59. The first kappa shape index (κ1) is 13.4. The molecule has 1 atom stereocenters. The van der Waals surface area contributed by atoms with Gasteiger partial charge in [0, 0.05) is 27.1 Å². The van der Waals surface area contributed by atoms with Crippen molar-refractivity contribution >= 4 is 17.8 Å². The third kappa shape index (κ3) is 4.99. The van der Waals surface area contributed by atoms with Crippen LogP contribution < -0.4 is 5.32 Å². The predicted molar refractivity (Wildman–Crippen MR) is 53.1 cm³/mol. The standard InChI is InChI=1S/C9H16N2O4/c1-6(9(14)15)8(13)10-5-4-7(12)11(2)3/h6H,4-5H2,1-3H3,(H,10,13)(H,14,15). The highest BCUT2D eigenvalue weighted by Crippen LogP contribution is 1.94. The minimum Gasteiger partial charge on any atom is -0.481 e. The van der Waals surface area contributed by atoms with Crippen molar-refractivity contribution in [3.8, 4) is 0 Å². The molecule has 0 aliphatic heterocycles. The van der Waals surface area contributed by atoms with Gasteiger partial charge in [0.25, 0.3) is 0 Å². The molecule has 0 saturated carbocycles. The van der Waals surface area contributed by atoms with Gasteiger partial charge < -0.3 is 15.3 Å². The van der Waals surface area contributed by atoms with Crippen LogP contribution in [0.1, 0.15) is 13.3 Å². The van der Waals surface area contributed by atoms with E-state index in [4.69, 9.17) is 5.11 Å². The first-order valence-corrected chi connectivity index (χ1v) is 4.57. The van der Waals surface area contributed by atoms with Crippen LogP contribution in [0.15, 0.2) is 0 Å². The van der Waals surface area contributed by atoms with E-state index < -0.39 is 17.8 Å². The van der Waals surface area contributed by atoms with Crippen molar-refractivity contribution in [3.05, 3.63) is 0 Å². The van der Waals surface area contributed by atoms with Crippen molar-refractivity contribution in [1.29, 1.82) is 0 Å². The molecule has 0 aliphatic carbocycles. The van der Waals surface area contributed by atoms with Crippen molar-refractivity contribution in [2.45, 2.75) is 13.3 Å². The number of carboxylic acid groups (broad SMARTS) is 1. The van der Waals surface area contributed by atoms with Gasteiger partial charge in [0.1, 0.15) is 5.92 Å². The van der Waals surface area contributed by atoms with E-state index in [0.717, 1.165) is 0 Å². The molecule has 0 aromatic heterocycles. The van der Waals surface area contributed by atoms with Gasteiger partial charge in [0.05, 0.1) is 0 Å². The summed E-state index contributed by atoms with van der Waals surface area (Å²) in [6.45, 7) is 1.46. The van der Waals surface area contributed by atoms with Crippen molar-refractivity contribution in [3.63, 3.8) is 0 Å². The lowest BCUT2D eigenvalue weighted by molar-refractivity contribution is -0.146. The van der Waals surface area contributed by atoms with Gasteiger partial charge in [-0.05, 0) is 6.92 Å². The Balaban J connectivity index is 3.83. The van der Waals surface area contributed by atoms with Gasteiger partial charge in [0.15, 0.2) is 0 Å². The third-order valence-corrected chi connectivity index (χ3v) is 1.90. The van der Waals surface area contributed by atoms with Gasteiger partial charge in [-0.15, -0.1) is 0 Å². The second kappa shape index (κ2) is 6.00. The van der Waals surface area contributed by atoms with Crippen LogP contribution in [0, 0.1) is 5.92 Å². The first-order chi connectivity index (χ1) is 6.86. The molecule has 2 amide bonds. The summed E-state index contributed by atoms with van der Waals surface area (Å²) in [4.78, 5) is 34.0. The minimum atomic E-state index is -1.17. The molecule has 0 aromatic carbocycles. The van der Waals surface area contributed by atoms with E-state index in [1.165, 1.54) is 11.8 Å². The van der Waals surface area contributed by atoms with E-state index in [2.05, 4.69) is 5.32 Å². The zero-order chi connectivity index (χ0) is 12.0. The molecule has 0 rings (SSSR count). The Morgan fingerprint density at radius 3 is 2.27 bits per heavy atom. The maximum absolute atomic E-state index is 11.1. The normalized spacial score (nSPS) is 11.7. The lowest BCUT2D eigenvalue weighted by Crippen LogP contribution is -2.36. The zero-order valence-corrected chi connectivity index (χ0v) is 9.11. The monoisotopic (exact) mass is 216 g/mol. The number of hydrogen-bond acceptors (Lipinski definition) is 3. The van der Waals surface area contributed by atoms with E-state index in [9.17, 15) is 14.4 Å². The quantitative estimate of drug-likeness (QED) is 0.595. The molecule has 0 saturated heterocycles. The summed E-state index contributed by atoms with van der Waals surface area (Å²) >= 11 is 0. The van der Waals surface area contributed by atoms with Crippen LogP contribution in [0.3, 0.4) is 0 Å². The Bertz CT molecular complexity index is 263. The second-order valence-electron chi connectivity index (χ2n) is 3.39. The Labute approximate surface area is 88.2 Å². The fourth-order valence-electron chi connectivity index (χ4n) is 0.781. The molecule has 0 spiro atoms. The molecule has 1 unspecified atom stereocenters. The summed E-state index contributed by atoms with van der Waals surface area (Å²) in [5.74, 6) is -2.95. The van der Waals surface area contributed by atoms with Crippen molar-refractivity contribution < 1.29 is 19.5 Å². The fourth-order valence-corrected chi connectivity index (χ4v) is 0.781. The van der Waals surface area contributed by atoms with Gasteiger partial charge in [0.2, 0.25) is 11.8 Å². The summed E-state index contributed by atoms with van der Waals surface area (Å²) in [5.41, 5.74) is 0. The number of aliphatic carboxylic acids is 1. The van der Waals surface area contributed by atoms with Crippen LogP contribution in [0.2, 0.25) is 0 Å². The van der Waals surface area contributed by atoms with Gasteiger partial charge >= 0.3 is 5.97 Å². The molecule has 2 N–H and O–H groups in total. The molecule has 6 nitrogen and oxygen atoms in total. The minimum absolute atomic E-state index is 0.113. The van der Waals surface area contributed by atoms with Crippen LogP contribution in [-0.2, 0) is 14.4 Å². The topological polar surface area (TPSA) is 86.7 Å². The smallest absolute Gasteiger partial charge is 0.315 e. The van der Waals surface area contributed by atoms with Crippen LogP contribution in [0.5, 0.6) is 0 Å². The number of nitrogens with one attached hydrogen (secondary N) is 1. The molecule has 0 aliphatic rings. The molecule has 0 fully saturated rings. The summed E-state index contributed by atoms with van der Waals surface area (Å²) in [6.07, 6.45) is 0.172. The number of carbonyl (C=O) groups excluding carboxylic acids is 2. The van der Waals surface area contributed by atoms with Crippen molar-refractivity contribution in [2.75, 3.05) is 20.6 Å². The Morgan fingerprint density at radius 1 is 1.33 bits per heavy atom. The summed E-state index contributed by atoms with van der Waals surface area (Å²) in [7, 11) is 3.23. The van der Waals surface area contributed by atoms with Crippen molar-refractivity contribution in [2.24, 2.45) is 5.92 Å². The zero-order valence-electron chi connectivity index (χ0n) is 9.11. The van der Waals surface area contributed by atoms with E-state index in [-0.39, 0.29) is 18.9 Å². The molecule has 0 heterocycles. The molecule has 0 aromatic rings. The lowest BCUT2D eigenvalue weighted by atomic mass is 10.2. The van der Waals surface area contributed by atoms with E-state index >= 15 is 0 Å². The highest BCUT2D eigenvalue weighted by Gasteiger charge is 2.19. The molecule has 86 valence electrons. The molecule has 6 heteroatoms. The lowest BCUT2D eigenvalue weighted by Gasteiger charge is -2.11. The summed E-state index contributed by atoms with van der Waals surface area (Å²) in [6, 6.07) is 0. The van der Waals surface area contributed by atoms with Gasteiger partial charge in [-0.1, -0.05) is 0 Å². The maximum atomic E-state index is 11.1. The highest BCUT2D eigenvalue weighted by molar-refractivity contribution is 5.96. The number of carboxylic acids is 1. The molecular weight excluding hydrogens is 200 g/mol. The summed E-state index contributed by atoms with van der Waals surface area (Å²) < 4.78 is 0. The third-order valence-electron chi connectivity index (χ3n) is 1.90. The van der Waals surface area contributed by atoms with Gasteiger partial charge in [-0.3, -0.25) is 14.4 Å². The van der Waals surface area contributed by atoms with E-state index in [1.807, 2.05) is 0 Å². The first-order valence-electron chi connectivity index (χ1n) is 4.57. The number of amides is 2. The van der Waals surface area contributed by atoms with Crippen LogP contribution in [-0.4, -0.2) is 48.4 Å². The number of rotatable bonds is 5. The average Bonchev–Trinajstić information content (AvgIpc) is 2.15. The van der Waals surface area contributed by atoms with Gasteiger partial charge in [-0.25, -0.2) is 0 Å². The molecule has 15 heavy (non-hydrogen) atoms. The van der Waals surface area contributed by atoms with E-state index in [0.29, 0.717) is 0 Å². The molecule has 0 radical (unpaired) electrons. The number of hydrogen-bond donors (Lipinski definition) is 2. The Morgan fingerprint density at radius 2 is 1.87 bits per heavy atom. The largest absolute Gasteiger partial charge is 0.481 e. The maximum Gasteiger partial charge on any atom is 0.315 e. The van der Waals surface area contributed by atoms with Gasteiger partial charge in [-0.2, -0.15) is 0 Å². The van der Waals surface area contributed by atoms with E-state index in [1.54, 1.807) is 14.1 Å². The van der Waals surface area contributed by atoms with Crippen LogP contribution in [0.25, 0.3) is 0 Å². The highest BCUT2D eigenvalue weighted by atomic mass is 16.4. The average molecular weight is 216 g/mol. The predicted octanol–water partition coefficient (Wildman–Crippen LogP) is -0.698. The SMILES string of the molecule is CC(C(=O)O)C(=O)NCCC(=O)N(C)C. The van der Waals surface area contributed by atoms with Crippen LogP contribution in [0.4, 0.5) is 0 Å².